The van der Waals surface area contributed by atoms with Crippen molar-refractivity contribution in [2.24, 2.45) is 0 Å². The van der Waals surface area contributed by atoms with Gasteiger partial charge >= 0.3 is 0 Å². The molecule has 0 spiro atoms. The summed E-state index contributed by atoms with van der Waals surface area (Å²) in [4.78, 5) is 6.10. The van der Waals surface area contributed by atoms with E-state index in [0.29, 0.717) is 0 Å². The molecule has 4 heteroatoms. The van der Waals surface area contributed by atoms with Crippen LogP contribution in [-0.4, -0.2) is 10.4 Å². The highest BCUT2D eigenvalue weighted by Crippen LogP contribution is 2.25. The van der Waals surface area contributed by atoms with Gasteiger partial charge in [0.2, 0.25) is 0 Å². The molecule has 0 aliphatic carbocycles. The Morgan fingerprint density at radius 2 is 2.05 bits per heavy atom. The minimum absolute atomic E-state index is 0.190. The van der Waals surface area contributed by atoms with Crippen LogP contribution in [0.25, 0.3) is 10.2 Å². The minimum atomic E-state index is 0.190. The molecule has 0 radical (unpaired) electrons. The highest BCUT2D eigenvalue weighted by Gasteiger charge is 2.10. The third kappa shape index (κ3) is 3.60. The molecule has 0 saturated carbocycles. The third-order valence-electron chi connectivity index (χ3n) is 3.25. The first-order valence-corrected chi connectivity index (χ1v) is 8.95. The number of aryl methyl sites for hydroxylation is 1. The lowest BCUT2D eigenvalue weighted by molar-refractivity contribution is 0.688. The second kappa shape index (κ2) is 6.70. The van der Waals surface area contributed by atoms with Crippen LogP contribution in [0.1, 0.15) is 22.7 Å². The molecule has 0 bridgehead atoms. The van der Waals surface area contributed by atoms with E-state index in [1.807, 2.05) is 17.4 Å². The van der Waals surface area contributed by atoms with Gasteiger partial charge in [-0.1, -0.05) is 18.2 Å². The Balaban J connectivity index is 1.51. The highest BCUT2D eigenvalue weighted by atomic mass is 35.5. The molecular formula is C16H16ClNS2. The summed E-state index contributed by atoms with van der Waals surface area (Å²) >= 11 is 10.0. The number of nitrogens with zero attached hydrogens (tertiary/aromatic N) is 1. The summed E-state index contributed by atoms with van der Waals surface area (Å²) in [7, 11) is 0. The molecule has 3 rings (SSSR count). The zero-order valence-electron chi connectivity index (χ0n) is 11.1. The Morgan fingerprint density at radius 3 is 2.85 bits per heavy atom. The lowest BCUT2D eigenvalue weighted by Crippen LogP contribution is -2.03. The van der Waals surface area contributed by atoms with Gasteiger partial charge in [0.05, 0.1) is 15.2 Å². The Morgan fingerprint density at radius 1 is 1.15 bits per heavy atom. The molecule has 1 nitrogen and oxygen atoms in total. The van der Waals surface area contributed by atoms with Gasteiger partial charge < -0.3 is 0 Å². The van der Waals surface area contributed by atoms with Crippen molar-refractivity contribution < 1.29 is 0 Å². The number of thiophene rings is 1. The summed E-state index contributed by atoms with van der Waals surface area (Å²) in [6.45, 7) is 0. The first-order valence-electron chi connectivity index (χ1n) is 6.82. The fourth-order valence-electron chi connectivity index (χ4n) is 2.25. The maximum Gasteiger partial charge on any atom is 0.0953 e. The SMILES string of the molecule is ClC(CCCc1cccs1)Cc1nc2ccccc2s1. The molecule has 0 aliphatic rings. The number of para-hydroxylation sites is 1. The molecule has 1 unspecified atom stereocenters. The van der Waals surface area contributed by atoms with Gasteiger partial charge in [0.25, 0.3) is 0 Å². The molecule has 0 fully saturated rings. The van der Waals surface area contributed by atoms with E-state index in [1.54, 1.807) is 11.3 Å². The summed E-state index contributed by atoms with van der Waals surface area (Å²) in [6, 6.07) is 12.6. The van der Waals surface area contributed by atoms with Crippen molar-refractivity contribution in [3.8, 4) is 0 Å². The molecule has 0 amide bonds. The molecule has 20 heavy (non-hydrogen) atoms. The van der Waals surface area contributed by atoms with Crippen molar-refractivity contribution in [3.05, 3.63) is 51.7 Å². The van der Waals surface area contributed by atoms with E-state index in [-0.39, 0.29) is 5.38 Å². The predicted molar refractivity (Wildman–Crippen MR) is 90.2 cm³/mol. The van der Waals surface area contributed by atoms with Crippen molar-refractivity contribution in [3.63, 3.8) is 0 Å². The summed E-state index contributed by atoms with van der Waals surface area (Å²) in [5.41, 5.74) is 1.09. The van der Waals surface area contributed by atoms with Gasteiger partial charge in [-0.3, -0.25) is 0 Å². The minimum Gasteiger partial charge on any atom is -0.241 e. The quantitative estimate of drug-likeness (QED) is 0.544. The van der Waals surface area contributed by atoms with Crippen molar-refractivity contribution in [1.29, 1.82) is 0 Å². The van der Waals surface area contributed by atoms with Crippen LogP contribution in [-0.2, 0) is 12.8 Å². The molecule has 2 heterocycles. The van der Waals surface area contributed by atoms with E-state index in [4.69, 9.17) is 11.6 Å². The Kier molecular flexibility index (Phi) is 4.71. The molecule has 2 aromatic heterocycles. The van der Waals surface area contributed by atoms with E-state index in [2.05, 4.69) is 40.7 Å². The monoisotopic (exact) mass is 321 g/mol. The average Bonchev–Trinajstić information content (AvgIpc) is 3.06. The van der Waals surface area contributed by atoms with Crippen LogP contribution in [0, 0.1) is 0 Å². The van der Waals surface area contributed by atoms with Gasteiger partial charge in [-0.15, -0.1) is 34.3 Å². The topological polar surface area (TPSA) is 12.9 Å². The number of thiazole rings is 1. The zero-order valence-corrected chi connectivity index (χ0v) is 13.5. The molecular weight excluding hydrogens is 306 g/mol. The van der Waals surface area contributed by atoms with E-state index in [1.165, 1.54) is 9.58 Å². The second-order valence-electron chi connectivity index (χ2n) is 4.85. The van der Waals surface area contributed by atoms with Gasteiger partial charge in [-0.25, -0.2) is 4.98 Å². The van der Waals surface area contributed by atoms with Crippen molar-refractivity contribution in [2.75, 3.05) is 0 Å². The fourth-order valence-corrected chi connectivity index (χ4v) is 4.44. The van der Waals surface area contributed by atoms with Gasteiger partial charge in [-0.05, 0) is 42.8 Å². The van der Waals surface area contributed by atoms with Crippen LogP contribution in [0.5, 0.6) is 0 Å². The van der Waals surface area contributed by atoms with Crippen molar-refractivity contribution >= 4 is 44.5 Å². The Bertz CT molecular complexity index is 627. The normalized spacial score (nSPS) is 12.8. The molecule has 104 valence electrons. The van der Waals surface area contributed by atoms with Crippen LogP contribution in [0.15, 0.2) is 41.8 Å². The van der Waals surface area contributed by atoms with Gasteiger partial charge in [0.15, 0.2) is 0 Å². The smallest absolute Gasteiger partial charge is 0.0953 e. The Labute approximate surface area is 132 Å². The number of hydrogen-bond donors (Lipinski definition) is 0. The van der Waals surface area contributed by atoms with Crippen LogP contribution in [0.2, 0.25) is 0 Å². The standard InChI is InChI=1S/C16H16ClNS2/c17-12(5-3-6-13-7-4-10-19-13)11-16-18-14-8-1-2-9-15(14)20-16/h1-2,4,7-10,12H,3,5-6,11H2. The van der Waals surface area contributed by atoms with Crippen molar-refractivity contribution in [1.82, 2.24) is 4.98 Å². The van der Waals surface area contributed by atoms with Crippen LogP contribution >= 0.6 is 34.3 Å². The lowest BCUT2D eigenvalue weighted by Gasteiger charge is -2.06. The number of alkyl halides is 1. The molecule has 0 aliphatic heterocycles. The zero-order chi connectivity index (χ0) is 13.8. The number of rotatable bonds is 6. The van der Waals surface area contributed by atoms with Gasteiger partial charge in [0, 0.05) is 16.7 Å². The van der Waals surface area contributed by atoms with Crippen LogP contribution < -0.4 is 0 Å². The van der Waals surface area contributed by atoms with Crippen molar-refractivity contribution in [2.45, 2.75) is 31.1 Å². The number of aromatic nitrogens is 1. The maximum absolute atomic E-state index is 6.45. The van der Waals surface area contributed by atoms with E-state index in [9.17, 15) is 0 Å². The van der Waals surface area contributed by atoms with Crippen LogP contribution in [0.3, 0.4) is 0 Å². The molecule has 0 N–H and O–H groups in total. The summed E-state index contributed by atoms with van der Waals surface area (Å²) in [5, 5.41) is 3.48. The number of fused-ring (bicyclic) bond motifs is 1. The van der Waals surface area contributed by atoms with E-state index in [0.717, 1.165) is 36.2 Å². The molecule has 3 aromatic rings. The first kappa shape index (κ1) is 14.1. The summed E-state index contributed by atoms with van der Waals surface area (Å²) in [5.74, 6) is 0. The van der Waals surface area contributed by atoms with E-state index < -0.39 is 0 Å². The largest absolute Gasteiger partial charge is 0.241 e. The Hall–Kier alpha value is -0.900. The predicted octanol–water partition coefficient (Wildman–Crippen LogP) is 5.53. The second-order valence-corrected chi connectivity index (χ2v) is 7.61. The maximum atomic E-state index is 6.45. The fraction of sp³-hybridized carbons (Fsp3) is 0.312. The van der Waals surface area contributed by atoms with Gasteiger partial charge in [0.1, 0.15) is 0 Å². The molecule has 0 saturated heterocycles. The first-order chi connectivity index (χ1) is 9.81. The molecule has 1 aromatic carbocycles. The molecule has 1 atom stereocenters. The number of benzene rings is 1. The van der Waals surface area contributed by atoms with E-state index >= 15 is 0 Å². The average molecular weight is 322 g/mol. The lowest BCUT2D eigenvalue weighted by atomic mass is 10.1. The van der Waals surface area contributed by atoms with Crippen LogP contribution in [0.4, 0.5) is 0 Å². The third-order valence-corrected chi connectivity index (χ3v) is 5.62. The highest BCUT2D eigenvalue weighted by molar-refractivity contribution is 7.18. The number of halogens is 1. The van der Waals surface area contributed by atoms with Gasteiger partial charge in [-0.2, -0.15) is 0 Å². The summed E-state index contributed by atoms with van der Waals surface area (Å²) < 4.78 is 1.25. The number of hydrogen-bond acceptors (Lipinski definition) is 3. The summed E-state index contributed by atoms with van der Waals surface area (Å²) in [6.07, 6.45) is 4.22.